The lowest BCUT2D eigenvalue weighted by Gasteiger charge is -2.19. The van der Waals surface area contributed by atoms with Crippen LogP contribution in [0.5, 0.6) is 0 Å². The Morgan fingerprint density at radius 1 is 1.31 bits per heavy atom. The van der Waals surface area contributed by atoms with E-state index in [-0.39, 0.29) is 0 Å². The second-order valence-electron chi connectivity index (χ2n) is 3.40. The third kappa shape index (κ3) is 6.30. The molecule has 0 rings (SSSR count). The molecule has 1 N–H and O–H groups in total. The van der Waals surface area contributed by atoms with Crippen LogP contribution in [-0.2, 0) is 4.74 Å². The van der Waals surface area contributed by atoms with Crippen LogP contribution in [0, 0.1) is 5.92 Å². The predicted molar refractivity (Wildman–Crippen MR) is 58.5 cm³/mol. The van der Waals surface area contributed by atoms with Crippen LogP contribution in [0.1, 0.15) is 26.7 Å². The van der Waals surface area contributed by atoms with E-state index in [1.807, 2.05) is 0 Å². The lowest BCUT2D eigenvalue weighted by molar-refractivity contribution is 0.170. The molecule has 0 fully saturated rings. The number of alkyl halides is 1. The molecule has 0 aliphatic carbocycles. The lowest BCUT2D eigenvalue weighted by Crippen LogP contribution is -2.37. The summed E-state index contributed by atoms with van der Waals surface area (Å²) >= 11 is 5.77. The molecule has 1 atom stereocenters. The molecule has 0 radical (unpaired) electrons. The number of rotatable bonds is 8. The van der Waals surface area contributed by atoms with Gasteiger partial charge in [-0.25, -0.2) is 0 Å². The molecule has 0 aromatic carbocycles. The molecule has 0 bridgehead atoms. The van der Waals surface area contributed by atoms with Crippen molar-refractivity contribution in [1.29, 1.82) is 0 Å². The van der Waals surface area contributed by atoms with E-state index in [1.165, 1.54) is 12.8 Å². The highest BCUT2D eigenvalue weighted by molar-refractivity contribution is 6.18. The third-order valence-corrected chi connectivity index (χ3v) is 2.78. The van der Waals surface area contributed by atoms with E-state index in [0.717, 1.165) is 12.5 Å². The molecule has 13 heavy (non-hydrogen) atoms. The molecule has 0 aliphatic rings. The van der Waals surface area contributed by atoms with Crippen LogP contribution in [-0.4, -0.2) is 32.2 Å². The molecule has 0 saturated heterocycles. The first-order valence-electron chi connectivity index (χ1n) is 5.06. The maximum Gasteiger partial charge on any atom is 0.0627 e. The van der Waals surface area contributed by atoms with Crippen molar-refractivity contribution in [3.8, 4) is 0 Å². The van der Waals surface area contributed by atoms with Gasteiger partial charge in [0.25, 0.3) is 0 Å². The van der Waals surface area contributed by atoms with Gasteiger partial charge in [0.15, 0.2) is 0 Å². The van der Waals surface area contributed by atoms with E-state index < -0.39 is 0 Å². The monoisotopic (exact) mass is 207 g/mol. The van der Waals surface area contributed by atoms with E-state index in [1.54, 1.807) is 7.11 Å². The fraction of sp³-hybridized carbons (Fsp3) is 1.00. The predicted octanol–water partition coefficient (Wildman–Crippen LogP) is 2.27. The van der Waals surface area contributed by atoms with Gasteiger partial charge in [-0.15, -0.1) is 11.6 Å². The first kappa shape index (κ1) is 13.2. The summed E-state index contributed by atoms with van der Waals surface area (Å²) in [4.78, 5) is 0. The Morgan fingerprint density at radius 2 is 1.92 bits per heavy atom. The van der Waals surface area contributed by atoms with Crippen molar-refractivity contribution in [3.63, 3.8) is 0 Å². The summed E-state index contributed by atoms with van der Waals surface area (Å²) in [5.41, 5.74) is 0. The van der Waals surface area contributed by atoms with Crippen LogP contribution in [0.15, 0.2) is 0 Å². The fourth-order valence-electron chi connectivity index (χ4n) is 1.27. The van der Waals surface area contributed by atoms with Gasteiger partial charge in [0.05, 0.1) is 6.61 Å². The van der Waals surface area contributed by atoms with Crippen LogP contribution >= 0.6 is 11.6 Å². The highest BCUT2D eigenvalue weighted by Crippen LogP contribution is 2.05. The van der Waals surface area contributed by atoms with Gasteiger partial charge in [-0.3, -0.25) is 0 Å². The van der Waals surface area contributed by atoms with E-state index in [2.05, 4.69) is 19.2 Å². The van der Waals surface area contributed by atoms with E-state index in [9.17, 15) is 0 Å². The van der Waals surface area contributed by atoms with Crippen molar-refractivity contribution < 1.29 is 4.74 Å². The maximum absolute atomic E-state index is 5.77. The van der Waals surface area contributed by atoms with Gasteiger partial charge in [-0.1, -0.05) is 26.7 Å². The smallest absolute Gasteiger partial charge is 0.0627 e. The number of hydrogen-bond acceptors (Lipinski definition) is 2. The summed E-state index contributed by atoms with van der Waals surface area (Å²) < 4.78 is 5.05. The number of methoxy groups -OCH3 is 1. The Kier molecular flexibility index (Phi) is 8.93. The molecular weight excluding hydrogens is 186 g/mol. The molecule has 0 aromatic rings. The van der Waals surface area contributed by atoms with Gasteiger partial charge < -0.3 is 10.1 Å². The fourth-order valence-corrected chi connectivity index (χ4v) is 1.47. The second-order valence-corrected chi connectivity index (χ2v) is 3.71. The van der Waals surface area contributed by atoms with Crippen molar-refractivity contribution in [3.05, 3.63) is 0 Å². The average Bonchev–Trinajstić information content (AvgIpc) is 2.17. The Labute approximate surface area is 87.0 Å². The molecule has 80 valence electrons. The second kappa shape index (κ2) is 8.79. The van der Waals surface area contributed by atoms with Crippen LogP contribution in [0.2, 0.25) is 0 Å². The molecule has 0 amide bonds. The largest absolute Gasteiger partial charge is 0.383 e. The average molecular weight is 208 g/mol. The van der Waals surface area contributed by atoms with Crippen molar-refractivity contribution in [2.45, 2.75) is 32.7 Å². The SMILES string of the molecule is CCC(CC)CNC(CCl)COC. The highest BCUT2D eigenvalue weighted by Gasteiger charge is 2.08. The zero-order chi connectivity index (χ0) is 10.1. The minimum atomic E-state index is 0.298. The van der Waals surface area contributed by atoms with Crippen LogP contribution in [0.3, 0.4) is 0 Å². The Bertz CT molecular complexity index is 107. The van der Waals surface area contributed by atoms with Gasteiger partial charge in [-0.2, -0.15) is 0 Å². The molecule has 3 heteroatoms. The molecule has 0 heterocycles. The van der Waals surface area contributed by atoms with Gasteiger partial charge in [-0.05, 0) is 12.5 Å². The summed E-state index contributed by atoms with van der Waals surface area (Å²) in [5.74, 6) is 1.39. The van der Waals surface area contributed by atoms with Gasteiger partial charge in [0, 0.05) is 19.0 Å². The van der Waals surface area contributed by atoms with Gasteiger partial charge in [0.2, 0.25) is 0 Å². The summed E-state index contributed by atoms with van der Waals surface area (Å²) in [5, 5.41) is 3.42. The number of ether oxygens (including phenoxy) is 1. The summed E-state index contributed by atoms with van der Waals surface area (Å²) in [6.45, 7) is 6.20. The topological polar surface area (TPSA) is 21.3 Å². The number of hydrogen-bond donors (Lipinski definition) is 1. The quantitative estimate of drug-likeness (QED) is 0.617. The Hall–Kier alpha value is 0.210. The number of nitrogens with one attached hydrogen (secondary N) is 1. The normalized spacial score (nSPS) is 13.6. The van der Waals surface area contributed by atoms with Gasteiger partial charge in [0.1, 0.15) is 0 Å². The maximum atomic E-state index is 5.77. The Balaban J connectivity index is 3.56. The van der Waals surface area contributed by atoms with E-state index >= 15 is 0 Å². The molecule has 0 saturated carbocycles. The van der Waals surface area contributed by atoms with E-state index in [0.29, 0.717) is 18.5 Å². The molecule has 1 unspecified atom stereocenters. The molecule has 0 spiro atoms. The summed E-state index contributed by atoms with van der Waals surface area (Å²) in [7, 11) is 1.71. The molecule has 0 aliphatic heterocycles. The highest BCUT2D eigenvalue weighted by atomic mass is 35.5. The molecular formula is C10H22ClNO. The van der Waals surface area contributed by atoms with Gasteiger partial charge >= 0.3 is 0 Å². The van der Waals surface area contributed by atoms with Crippen molar-refractivity contribution in [1.82, 2.24) is 5.32 Å². The van der Waals surface area contributed by atoms with Crippen molar-refractivity contribution >= 4 is 11.6 Å². The van der Waals surface area contributed by atoms with E-state index in [4.69, 9.17) is 16.3 Å². The van der Waals surface area contributed by atoms with Crippen LogP contribution in [0.4, 0.5) is 0 Å². The van der Waals surface area contributed by atoms with Crippen LogP contribution in [0.25, 0.3) is 0 Å². The first-order chi connectivity index (χ1) is 6.28. The standard InChI is InChI=1S/C10H22ClNO/c1-4-9(5-2)7-12-10(6-11)8-13-3/h9-10,12H,4-8H2,1-3H3. The van der Waals surface area contributed by atoms with Crippen molar-refractivity contribution in [2.24, 2.45) is 5.92 Å². The minimum Gasteiger partial charge on any atom is -0.383 e. The summed E-state index contributed by atoms with van der Waals surface area (Å²) in [6, 6.07) is 0.298. The lowest BCUT2D eigenvalue weighted by atomic mass is 10.0. The number of halogens is 1. The zero-order valence-corrected chi connectivity index (χ0v) is 9.73. The third-order valence-electron chi connectivity index (χ3n) is 2.40. The summed E-state index contributed by atoms with van der Waals surface area (Å²) in [6.07, 6.45) is 2.46. The molecule has 2 nitrogen and oxygen atoms in total. The van der Waals surface area contributed by atoms with Crippen molar-refractivity contribution in [2.75, 3.05) is 26.1 Å². The zero-order valence-electron chi connectivity index (χ0n) is 8.98. The first-order valence-corrected chi connectivity index (χ1v) is 5.60. The minimum absolute atomic E-state index is 0.298. The van der Waals surface area contributed by atoms with Crippen LogP contribution < -0.4 is 5.32 Å². The Morgan fingerprint density at radius 3 is 2.31 bits per heavy atom. The molecule has 0 aromatic heterocycles.